The number of aliphatic hydroxyl groups is 1. The number of aliphatic hydroxyl groups excluding tert-OH is 1. The molecule has 1 fully saturated rings. The summed E-state index contributed by atoms with van der Waals surface area (Å²) in [5.74, 6) is -0.625. The van der Waals surface area contributed by atoms with Gasteiger partial charge in [0.2, 0.25) is 0 Å². The summed E-state index contributed by atoms with van der Waals surface area (Å²) >= 11 is 6.33. The molecule has 0 bridgehead atoms. The van der Waals surface area contributed by atoms with Crippen LogP contribution in [-0.4, -0.2) is 35.4 Å². The fourth-order valence-electron chi connectivity index (χ4n) is 4.16. The summed E-state index contributed by atoms with van der Waals surface area (Å²) in [6, 6.07) is 13.0. The third kappa shape index (κ3) is 4.26. The second-order valence-electron chi connectivity index (χ2n) is 7.84. The van der Waals surface area contributed by atoms with Crippen LogP contribution in [0.25, 0.3) is 5.76 Å². The summed E-state index contributed by atoms with van der Waals surface area (Å²) in [6.45, 7) is 4.17. The van der Waals surface area contributed by atoms with Crippen LogP contribution in [0.15, 0.2) is 64.8 Å². The summed E-state index contributed by atoms with van der Waals surface area (Å²) in [6.07, 6.45) is 1.50. The van der Waals surface area contributed by atoms with Gasteiger partial charge in [-0.25, -0.2) is 0 Å². The van der Waals surface area contributed by atoms with E-state index in [2.05, 4.69) is 0 Å². The van der Waals surface area contributed by atoms with Crippen molar-refractivity contribution >= 4 is 29.1 Å². The van der Waals surface area contributed by atoms with Gasteiger partial charge in [0.15, 0.2) is 0 Å². The molecule has 34 heavy (non-hydrogen) atoms. The fraction of sp³-hybridized carbons (Fsp3) is 0.231. The minimum Gasteiger partial charge on any atom is -0.507 e. The molecule has 1 N–H and O–H groups in total. The molecular weight excluding hydrogens is 458 g/mol. The highest BCUT2D eigenvalue weighted by Gasteiger charge is 2.46. The molecule has 1 unspecified atom stereocenters. The van der Waals surface area contributed by atoms with Crippen LogP contribution in [0.5, 0.6) is 11.5 Å². The maximum Gasteiger partial charge on any atom is 0.296 e. The van der Waals surface area contributed by atoms with E-state index in [9.17, 15) is 14.7 Å². The molecule has 2 heterocycles. The zero-order chi connectivity index (χ0) is 24.4. The quantitative estimate of drug-likeness (QED) is 0.281. The number of carbonyl (C=O) groups is 2. The number of ketones is 1. The number of furan rings is 1. The van der Waals surface area contributed by atoms with E-state index in [1.165, 1.54) is 18.3 Å². The lowest BCUT2D eigenvalue weighted by Crippen LogP contribution is -2.29. The molecule has 176 valence electrons. The Morgan fingerprint density at radius 1 is 1.18 bits per heavy atom. The van der Waals surface area contributed by atoms with Crippen LogP contribution in [0.3, 0.4) is 0 Å². The fourth-order valence-corrected chi connectivity index (χ4v) is 4.51. The van der Waals surface area contributed by atoms with Gasteiger partial charge >= 0.3 is 0 Å². The van der Waals surface area contributed by atoms with Gasteiger partial charge in [0.25, 0.3) is 11.7 Å². The molecule has 2 aromatic carbocycles. The van der Waals surface area contributed by atoms with Crippen LogP contribution in [-0.2, 0) is 16.1 Å². The second kappa shape index (κ2) is 9.65. The molecule has 1 aliphatic rings. The lowest BCUT2D eigenvalue weighted by atomic mass is 9.94. The number of aryl methyl sites for hydroxylation is 1. The first-order valence-electron chi connectivity index (χ1n) is 10.7. The Labute approximate surface area is 202 Å². The highest BCUT2D eigenvalue weighted by atomic mass is 35.5. The number of methoxy groups -OCH3 is 1. The van der Waals surface area contributed by atoms with Crippen LogP contribution < -0.4 is 9.47 Å². The van der Waals surface area contributed by atoms with Gasteiger partial charge in [-0.05, 0) is 61.4 Å². The third-order valence-corrected chi connectivity index (χ3v) is 5.86. The first-order valence-corrected chi connectivity index (χ1v) is 11.1. The van der Waals surface area contributed by atoms with E-state index < -0.39 is 17.7 Å². The Kier molecular flexibility index (Phi) is 6.65. The number of nitrogens with zero attached hydrogens (tertiary/aromatic N) is 1. The Morgan fingerprint density at radius 2 is 1.97 bits per heavy atom. The maximum atomic E-state index is 13.3. The number of rotatable bonds is 7. The van der Waals surface area contributed by atoms with E-state index >= 15 is 0 Å². The highest BCUT2D eigenvalue weighted by molar-refractivity contribution is 6.46. The standard InChI is InChI=1S/C26H24ClNO6/c1-4-33-17-8-5-7-16(13-17)22-21(23(29)19-11-15(2)12-20(27)25(19)32-3)24(30)26(31)28(22)14-18-9-6-10-34-18/h5-13,22,29H,4,14H2,1-3H3/b23-21+. The number of benzene rings is 2. The SMILES string of the molecule is CCOc1cccc(C2/C(=C(\O)c3cc(C)cc(Cl)c3OC)C(=O)C(=O)N2Cc2ccco2)c1. The number of hydrogen-bond donors (Lipinski definition) is 1. The van der Waals surface area contributed by atoms with Gasteiger partial charge in [-0.3, -0.25) is 9.59 Å². The molecule has 1 atom stereocenters. The number of ether oxygens (including phenoxy) is 2. The smallest absolute Gasteiger partial charge is 0.296 e. The summed E-state index contributed by atoms with van der Waals surface area (Å²) in [5.41, 5.74) is 1.53. The molecule has 0 saturated carbocycles. The number of likely N-dealkylation sites (tertiary alicyclic amines) is 1. The van der Waals surface area contributed by atoms with Gasteiger partial charge in [0.1, 0.15) is 23.0 Å². The van der Waals surface area contributed by atoms with E-state index in [0.29, 0.717) is 23.7 Å². The van der Waals surface area contributed by atoms with Crippen molar-refractivity contribution in [2.75, 3.05) is 13.7 Å². The predicted molar refractivity (Wildman–Crippen MR) is 127 cm³/mol. The second-order valence-corrected chi connectivity index (χ2v) is 8.25. The largest absolute Gasteiger partial charge is 0.507 e. The average molecular weight is 482 g/mol. The van der Waals surface area contributed by atoms with Crippen molar-refractivity contribution in [2.45, 2.75) is 26.4 Å². The molecule has 1 amide bonds. The summed E-state index contributed by atoms with van der Waals surface area (Å²) in [7, 11) is 1.42. The number of hydrogen-bond acceptors (Lipinski definition) is 6. The first-order chi connectivity index (χ1) is 16.3. The third-order valence-electron chi connectivity index (χ3n) is 5.58. The first kappa shape index (κ1) is 23.4. The van der Waals surface area contributed by atoms with Crippen LogP contribution in [0.2, 0.25) is 5.02 Å². The molecule has 3 aromatic rings. The van der Waals surface area contributed by atoms with Crippen LogP contribution in [0.1, 0.15) is 35.4 Å². The Balaban J connectivity index is 1.93. The average Bonchev–Trinajstić information content (AvgIpc) is 3.41. The zero-order valence-corrected chi connectivity index (χ0v) is 19.8. The normalized spacial score (nSPS) is 17.3. The van der Waals surface area contributed by atoms with Crippen LogP contribution >= 0.6 is 11.6 Å². The van der Waals surface area contributed by atoms with Gasteiger partial charge in [0, 0.05) is 0 Å². The number of Topliss-reactive ketones (excluding diaryl/α,β-unsaturated/α-hetero) is 1. The Hall–Kier alpha value is -3.71. The predicted octanol–water partition coefficient (Wildman–Crippen LogP) is 5.27. The van der Waals surface area contributed by atoms with E-state index in [1.807, 2.05) is 6.92 Å². The minimum atomic E-state index is -0.880. The monoisotopic (exact) mass is 481 g/mol. The number of halogens is 1. The summed E-state index contributed by atoms with van der Waals surface area (Å²) in [4.78, 5) is 27.8. The number of carbonyl (C=O) groups excluding carboxylic acids is 2. The molecule has 0 radical (unpaired) electrons. The van der Waals surface area contributed by atoms with Crippen molar-refractivity contribution in [2.24, 2.45) is 0 Å². The summed E-state index contributed by atoms with van der Waals surface area (Å²) < 4.78 is 16.5. The van der Waals surface area contributed by atoms with Crippen LogP contribution in [0.4, 0.5) is 0 Å². The molecule has 1 saturated heterocycles. The molecule has 7 nitrogen and oxygen atoms in total. The van der Waals surface area contributed by atoms with Gasteiger partial charge in [-0.15, -0.1) is 0 Å². The summed E-state index contributed by atoms with van der Waals surface area (Å²) in [5, 5.41) is 11.7. The molecule has 0 aliphatic carbocycles. The Bertz CT molecular complexity index is 1260. The van der Waals surface area contributed by atoms with Crippen molar-refractivity contribution in [3.8, 4) is 11.5 Å². The van der Waals surface area contributed by atoms with Gasteiger partial charge in [-0.2, -0.15) is 0 Å². The minimum absolute atomic E-state index is 0.0452. The van der Waals surface area contributed by atoms with E-state index in [4.69, 9.17) is 25.5 Å². The van der Waals surface area contributed by atoms with Crippen molar-refractivity contribution in [3.05, 3.63) is 87.8 Å². The van der Waals surface area contributed by atoms with Crippen molar-refractivity contribution in [1.29, 1.82) is 0 Å². The topological polar surface area (TPSA) is 89.2 Å². The van der Waals surface area contributed by atoms with E-state index in [0.717, 1.165) is 5.56 Å². The van der Waals surface area contributed by atoms with Gasteiger partial charge in [-0.1, -0.05) is 23.7 Å². The van der Waals surface area contributed by atoms with Crippen molar-refractivity contribution in [3.63, 3.8) is 0 Å². The van der Waals surface area contributed by atoms with Gasteiger partial charge < -0.3 is 23.9 Å². The molecule has 1 aliphatic heterocycles. The number of amides is 1. The maximum absolute atomic E-state index is 13.3. The molecule has 0 spiro atoms. The van der Waals surface area contributed by atoms with E-state index in [-0.39, 0.29) is 34.2 Å². The highest BCUT2D eigenvalue weighted by Crippen LogP contribution is 2.43. The lowest BCUT2D eigenvalue weighted by Gasteiger charge is -2.25. The lowest BCUT2D eigenvalue weighted by molar-refractivity contribution is -0.140. The molecule has 4 rings (SSSR count). The molecular formula is C26H24ClNO6. The molecule has 1 aromatic heterocycles. The van der Waals surface area contributed by atoms with Crippen molar-refractivity contribution in [1.82, 2.24) is 4.90 Å². The zero-order valence-electron chi connectivity index (χ0n) is 19.0. The van der Waals surface area contributed by atoms with Gasteiger partial charge in [0.05, 0.1) is 48.7 Å². The Morgan fingerprint density at radius 3 is 2.65 bits per heavy atom. The van der Waals surface area contributed by atoms with E-state index in [1.54, 1.807) is 55.5 Å². The van der Waals surface area contributed by atoms with Crippen LogP contribution in [0, 0.1) is 6.92 Å². The van der Waals surface area contributed by atoms with Crippen molar-refractivity contribution < 1.29 is 28.6 Å². The molecule has 8 heteroatoms.